The monoisotopic (exact) mass is 251 g/mol. The molecular formula is C12H13NO3S. The minimum absolute atomic E-state index is 0.0146. The van der Waals surface area contributed by atoms with Gasteiger partial charge in [0, 0.05) is 11.3 Å². The number of thioether (sulfide) groups is 1. The Labute approximate surface area is 103 Å². The Morgan fingerprint density at radius 2 is 2.29 bits per heavy atom. The van der Waals surface area contributed by atoms with Crippen molar-refractivity contribution in [2.45, 2.75) is 29.9 Å². The zero-order valence-electron chi connectivity index (χ0n) is 9.40. The van der Waals surface area contributed by atoms with E-state index in [1.54, 1.807) is 0 Å². The van der Waals surface area contributed by atoms with Crippen LogP contribution in [0.2, 0.25) is 0 Å². The largest absolute Gasteiger partial charge is 0.481 e. The lowest BCUT2D eigenvalue weighted by atomic mass is 10.1. The van der Waals surface area contributed by atoms with Crippen molar-refractivity contribution in [3.63, 3.8) is 0 Å². The minimum Gasteiger partial charge on any atom is -0.481 e. The molecule has 1 aromatic carbocycles. The van der Waals surface area contributed by atoms with Crippen molar-refractivity contribution in [2.24, 2.45) is 0 Å². The van der Waals surface area contributed by atoms with Crippen LogP contribution in [0.4, 0.5) is 5.69 Å². The Bertz CT molecular complexity index is 473. The zero-order chi connectivity index (χ0) is 12.4. The highest BCUT2D eigenvalue weighted by molar-refractivity contribution is 8.00. The first kappa shape index (κ1) is 12.0. The van der Waals surface area contributed by atoms with E-state index in [1.807, 2.05) is 25.1 Å². The average Bonchev–Trinajstić information content (AvgIpc) is 2.28. The number of carboxylic acid groups (broad SMARTS) is 1. The van der Waals surface area contributed by atoms with Crippen LogP contribution in [0.3, 0.4) is 0 Å². The van der Waals surface area contributed by atoms with E-state index in [4.69, 9.17) is 5.11 Å². The first-order chi connectivity index (χ1) is 8.06. The van der Waals surface area contributed by atoms with Gasteiger partial charge in [-0.15, -0.1) is 11.8 Å². The summed E-state index contributed by atoms with van der Waals surface area (Å²) in [5, 5.41) is 11.4. The third kappa shape index (κ3) is 2.79. The van der Waals surface area contributed by atoms with Crippen LogP contribution < -0.4 is 5.32 Å². The normalized spacial score (nSPS) is 18.4. The molecule has 0 radical (unpaired) electrons. The lowest BCUT2D eigenvalue weighted by molar-refractivity contribution is -0.137. The van der Waals surface area contributed by atoms with Crippen LogP contribution >= 0.6 is 11.8 Å². The number of carbonyl (C=O) groups is 2. The molecule has 1 atom stereocenters. The Balaban J connectivity index is 2.17. The summed E-state index contributed by atoms with van der Waals surface area (Å²) in [4.78, 5) is 23.0. The van der Waals surface area contributed by atoms with Crippen LogP contribution in [-0.4, -0.2) is 22.2 Å². The molecule has 1 aromatic rings. The fourth-order valence-corrected chi connectivity index (χ4v) is 2.66. The van der Waals surface area contributed by atoms with Gasteiger partial charge in [0.05, 0.1) is 10.9 Å². The molecule has 1 unspecified atom stereocenters. The molecule has 0 saturated heterocycles. The number of aryl methyl sites for hydroxylation is 1. The molecule has 1 aliphatic heterocycles. The van der Waals surface area contributed by atoms with E-state index in [1.165, 1.54) is 11.8 Å². The molecule has 0 aliphatic carbocycles. The van der Waals surface area contributed by atoms with E-state index in [0.29, 0.717) is 6.42 Å². The van der Waals surface area contributed by atoms with E-state index >= 15 is 0 Å². The van der Waals surface area contributed by atoms with Crippen LogP contribution in [0.15, 0.2) is 23.1 Å². The third-order valence-electron chi connectivity index (χ3n) is 2.60. The Morgan fingerprint density at radius 1 is 1.53 bits per heavy atom. The molecular weight excluding hydrogens is 238 g/mol. The second kappa shape index (κ2) is 4.79. The van der Waals surface area contributed by atoms with Crippen molar-refractivity contribution in [1.82, 2.24) is 0 Å². The minimum atomic E-state index is -0.794. The topological polar surface area (TPSA) is 66.4 Å². The number of benzene rings is 1. The molecule has 0 aromatic heterocycles. The summed E-state index contributed by atoms with van der Waals surface area (Å²) in [6.45, 7) is 1.85. The van der Waals surface area contributed by atoms with Crippen molar-refractivity contribution in [1.29, 1.82) is 0 Å². The van der Waals surface area contributed by atoms with Crippen LogP contribution in [-0.2, 0) is 16.0 Å². The molecule has 0 saturated carbocycles. The second-order valence-electron chi connectivity index (χ2n) is 3.97. The lowest BCUT2D eigenvalue weighted by Crippen LogP contribution is -2.26. The number of hydrogen-bond acceptors (Lipinski definition) is 3. The van der Waals surface area contributed by atoms with Gasteiger partial charge in [-0.25, -0.2) is 0 Å². The summed E-state index contributed by atoms with van der Waals surface area (Å²) >= 11 is 1.51. The molecule has 0 fully saturated rings. The summed E-state index contributed by atoms with van der Waals surface area (Å²) in [6.07, 6.45) is 0.650. The SMILES string of the molecule is CC1Sc2cc(CCC(=O)O)ccc2NC1=O. The molecule has 5 heteroatoms. The number of carboxylic acids is 1. The molecule has 90 valence electrons. The maximum absolute atomic E-state index is 11.4. The smallest absolute Gasteiger partial charge is 0.303 e. The Kier molecular flexibility index (Phi) is 3.38. The quantitative estimate of drug-likeness (QED) is 0.863. The van der Waals surface area contributed by atoms with Gasteiger partial charge in [-0.05, 0) is 31.0 Å². The van der Waals surface area contributed by atoms with Gasteiger partial charge in [-0.1, -0.05) is 6.07 Å². The molecule has 1 aliphatic rings. The Hall–Kier alpha value is -1.49. The Morgan fingerprint density at radius 3 is 3.00 bits per heavy atom. The lowest BCUT2D eigenvalue weighted by Gasteiger charge is -2.21. The fourth-order valence-electron chi connectivity index (χ4n) is 1.65. The van der Waals surface area contributed by atoms with Gasteiger partial charge >= 0.3 is 5.97 Å². The van der Waals surface area contributed by atoms with E-state index < -0.39 is 5.97 Å². The first-order valence-electron chi connectivity index (χ1n) is 5.38. The van der Waals surface area contributed by atoms with Crippen molar-refractivity contribution < 1.29 is 14.7 Å². The predicted molar refractivity (Wildman–Crippen MR) is 66.3 cm³/mol. The van der Waals surface area contributed by atoms with Crippen LogP contribution in [0, 0.1) is 0 Å². The number of hydrogen-bond donors (Lipinski definition) is 2. The molecule has 1 heterocycles. The highest BCUT2D eigenvalue weighted by atomic mass is 32.2. The van der Waals surface area contributed by atoms with Crippen molar-refractivity contribution in [3.8, 4) is 0 Å². The predicted octanol–water partition coefficient (Wildman–Crippen LogP) is 2.14. The summed E-state index contributed by atoms with van der Waals surface area (Å²) in [6, 6.07) is 5.65. The average molecular weight is 251 g/mol. The fraction of sp³-hybridized carbons (Fsp3) is 0.333. The molecule has 0 spiro atoms. The van der Waals surface area contributed by atoms with Gasteiger partial charge in [0.1, 0.15) is 0 Å². The summed E-state index contributed by atoms with van der Waals surface area (Å²) in [5.74, 6) is -0.780. The van der Waals surface area contributed by atoms with E-state index in [2.05, 4.69) is 5.32 Å². The highest BCUT2D eigenvalue weighted by Crippen LogP contribution is 2.36. The van der Waals surface area contributed by atoms with Gasteiger partial charge in [0.2, 0.25) is 5.91 Å². The third-order valence-corrected chi connectivity index (χ3v) is 3.76. The summed E-state index contributed by atoms with van der Waals surface area (Å²) in [7, 11) is 0. The standard InChI is InChI=1S/C12H13NO3S/c1-7-12(16)13-9-4-2-8(3-5-11(14)15)6-10(9)17-7/h2,4,6-7H,3,5H2,1H3,(H,13,16)(H,14,15). The van der Waals surface area contributed by atoms with Crippen LogP contribution in [0.5, 0.6) is 0 Å². The molecule has 2 N–H and O–H groups in total. The molecule has 4 nitrogen and oxygen atoms in total. The zero-order valence-corrected chi connectivity index (χ0v) is 10.2. The maximum Gasteiger partial charge on any atom is 0.303 e. The van der Waals surface area contributed by atoms with Crippen LogP contribution in [0.1, 0.15) is 18.9 Å². The number of fused-ring (bicyclic) bond motifs is 1. The van der Waals surface area contributed by atoms with Crippen LogP contribution in [0.25, 0.3) is 0 Å². The molecule has 2 rings (SSSR count). The first-order valence-corrected chi connectivity index (χ1v) is 6.26. The van der Waals surface area contributed by atoms with E-state index in [0.717, 1.165) is 16.1 Å². The summed E-state index contributed by atoms with van der Waals surface area (Å²) in [5.41, 5.74) is 1.80. The summed E-state index contributed by atoms with van der Waals surface area (Å²) < 4.78 is 0. The highest BCUT2D eigenvalue weighted by Gasteiger charge is 2.22. The van der Waals surface area contributed by atoms with Crippen molar-refractivity contribution in [3.05, 3.63) is 23.8 Å². The van der Waals surface area contributed by atoms with E-state index in [-0.39, 0.29) is 17.6 Å². The molecule has 17 heavy (non-hydrogen) atoms. The van der Waals surface area contributed by atoms with Gasteiger partial charge in [0.25, 0.3) is 0 Å². The van der Waals surface area contributed by atoms with Gasteiger partial charge in [-0.2, -0.15) is 0 Å². The van der Waals surface area contributed by atoms with Crippen molar-refractivity contribution >= 4 is 29.3 Å². The van der Waals surface area contributed by atoms with Gasteiger partial charge < -0.3 is 10.4 Å². The molecule has 1 amide bonds. The molecule has 0 bridgehead atoms. The van der Waals surface area contributed by atoms with Crippen molar-refractivity contribution in [2.75, 3.05) is 5.32 Å². The number of nitrogens with one attached hydrogen (secondary N) is 1. The number of carbonyl (C=O) groups excluding carboxylic acids is 1. The number of amides is 1. The van der Waals surface area contributed by atoms with Gasteiger partial charge in [0.15, 0.2) is 0 Å². The number of aliphatic carboxylic acids is 1. The number of rotatable bonds is 3. The second-order valence-corrected chi connectivity index (χ2v) is 5.36. The van der Waals surface area contributed by atoms with Gasteiger partial charge in [-0.3, -0.25) is 9.59 Å². The maximum atomic E-state index is 11.4. The number of anilines is 1. The van der Waals surface area contributed by atoms with E-state index in [9.17, 15) is 9.59 Å².